The molecule has 1 aromatic heterocycles. The fraction of sp³-hybridized carbons (Fsp3) is 0.452. The van der Waals surface area contributed by atoms with Crippen LogP contribution in [0.3, 0.4) is 0 Å². The molecular formula is C31H40N2O4S. The molecule has 1 amide bonds. The van der Waals surface area contributed by atoms with Gasteiger partial charge in [-0.2, -0.15) is 0 Å². The van der Waals surface area contributed by atoms with Gasteiger partial charge in [0, 0.05) is 18.7 Å². The summed E-state index contributed by atoms with van der Waals surface area (Å²) in [6.07, 6.45) is 5.32. The molecule has 0 saturated heterocycles. The minimum absolute atomic E-state index is 0.0966. The number of carbonyl (C=O) groups is 2. The lowest BCUT2D eigenvalue weighted by Gasteiger charge is -2.23. The number of aromatic nitrogens is 1. The highest BCUT2D eigenvalue weighted by Crippen LogP contribution is 2.22. The first-order valence-corrected chi connectivity index (χ1v) is 14.3. The van der Waals surface area contributed by atoms with Crippen LogP contribution in [0.4, 0.5) is 4.79 Å². The summed E-state index contributed by atoms with van der Waals surface area (Å²) in [4.78, 5) is 30.4. The van der Waals surface area contributed by atoms with Crippen LogP contribution in [0.15, 0.2) is 72.4 Å². The second-order valence-electron chi connectivity index (χ2n) is 10.3. The Morgan fingerprint density at radius 3 is 2.18 bits per heavy atom. The van der Waals surface area contributed by atoms with Gasteiger partial charge < -0.3 is 14.8 Å². The Kier molecular flexibility index (Phi) is 12.3. The molecule has 3 atom stereocenters. The Morgan fingerprint density at radius 1 is 0.921 bits per heavy atom. The Bertz CT molecular complexity index is 1070. The molecule has 0 radical (unpaired) electrons. The van der Waals surface area contributed by atoms with Crippen molar-refractivity contribution in [1.82, 2.24) is 10.3 Å². The fourth-order valence-corrected chi connectivity index (χ4v) is 5.17. The van der Waals surface area contributed by atoms with Crippen LogP contribution in [0, 0.1) is 11.8 Å². The fourth-order valence-electron chi connectivity index (χ4n) is 4.66. The van der Waals surface area contributed by atoms with Crippen molar-refractivity contribution < 1.29 is 19.1 Å². The van der Waals surface area contributed by atoms with Gasteiger partial charge in [-0.05, 0) is 62.0 Å². The summed E-state index contributed by atoms with van der Waals surface area (Å²) in [5, 5.41) is 3.06. The van der Waals surface area contributed by atoms with Gasteiger partial charge in [0.1, 0.15) is 6.61 Å². The van der Waals surface area contributed by atoms with E-state index in [-0.39, 0.29) is 30.6 Å². The van der Waals surface area contributed by atoms with Gasteiger partial charge in [0.15, 0.2) is 0 Å². The number of nitrogens with one attached hydrogen (secondary N) is 1. The predicted octanol–water partition coefficient (Wildman–Crippen LogP) is 6.99. The zero-order chi connectivity index (χ0) is 27.2. The number of carbonyl (C=O) groups excluding carboxylic acids is 2. The maximum atomic E-state index is 12.8. The Hall–Kier alpha value is -3.19. The zero-order valence-electron chi connectivity index (χ0n) is 22.7. The number of hydrogen-bond acceptors (Lipinski definition) is 6. The first-order chi connectivity index (χ1) is 18.4. The van der Waals surface area contributed by atoms with Gasteiger partial charge in [-0.1, -0.05) is 74.5 Å². The van der Waals surface area contributed by atoms with E-state index in [2.05, 4.69) is 48.4 Å². The quantitative estimate of drug-likeness (QED) is 0.212. The predicted molar refractivity (Wildman–Crippen MR) is 152 cm³/mol. The van der Waals surface area contributed by atoms with Crippen LogP contribution in [0.1, 0.15) is 62.5 Å². The summed E-state index contributed by atoms with van der Waals surface area (Å²) < 4.78 is 11.2. The summed E-state index contributed by atoms with van der Waals surface area (Å²) >= 11 is 1.45. The van der Waals surface area contributed by atoms with Crippen LogP contribution in [0.25, 0.3) is 0 Å². The third-order valence-electron chi connectivity index (χ3n) is 6.36. The lowest BCUT2D eigenvalue weighted by Crippen LogP contribution is -2.37. The summed E-state index contributed by atoms with van der Waals surface area (Å²) in [6.45, 7) is 6.42. The largest absolute Gasteiger partial charge is 0.463 e. The van der Waals surface area contributed by atoms with Gasteiger partial charge in [-0.3, -0.25) is 9.78 Å². The first kappa shape index (κ1) is 29.4. The molecule has 0 saturated carbocycles. The van der Waals surface area contributed by atoms with Crippen LogP contribution in [-0.2, 0) is 33.7 Å². The van der Waals surface area contributed by atoms with Crippen molar-refractivity contribution in [2.45, 2.75) is 78.0 Å². The number of amides is 1. The van der Waals surface area contributed by atoms with E-state index >= 15 is 0 Å². The maximum Gasteiger partial charge on any atom is 0.407 e. The van der Waals surface area contributed by atoms with Crippen molar-refractivity contribution in [2.75, 3.05) is 0 Å². The Morgan fingerprint density at radius 2 is 1.58 bits per heavy atom. The molecule has 204 valence electrons. The van der Waals surface area contributed by atoms with Crippen molar-refractivity contribution >= 4 is 23.4 Å². The Labute approximate surface area is 230 Å². The molecule has 1 unspecified atom stereocenters. The van der Waals surface area contributed by atoms with Gasteiger partial charge in [-0.15, -0.1) is 11.3 Å². The highest BCUT2D eigenvalue weighted by molar-refractivity contribution is 7.09. The normalized spacial score (nSPS) is 13.5. The summed E-state index contributed by atoms with van der Waals surface area (Å²) in [5.74, 6) is 0.415. The monoisotopic (exact) mass is 536 g/mol. The topological polar surface area (TPSA) is 77.5 Å². The molecule has 1 N–H and O–H groups in total. The SMILES string of the molecule is CC(C)CC(C)OC(=O)C[C@H](CC[C@H](Cc1ccccc1)NC(=O)OCc1cncs1)Cc1ccccc1. The van der Waals surface area contributed by atoms with E-state index in [1.807, 2.05) is 43.3 Å². The van der Waals surface area contributed by atoms with E-state index in [9.17, 15) is 9.59 Å². The van der Waals surface area contributed by atoms with E-state index in [0.29, 0.717) is 18.8 Å². The van der Waals surface area contributed by atoms with Crippen LogP contribution in [0.5, 0.6) is 0 Å². The van der Waals surface area contributed by atoms with Crippen LogP contribution < -0.4 is 5.32 Å². The van der Waals surface area contributed by atoms with Gasteiger partial charge in [-0.25, -0.2) is 4.79 Å². The minimum atomic E-state index is -0.444. The molecule has 38 heavy (non-hydrogen) atoms. The highest BCUT2D eigenvalue weighted by atomic mass is 32.1. The minimum Gasteiger partial charge on any atom is -0.463 e. The van der Waals surface area contributed by atoms with Crippen molar-refractivity contribution in [2.24, 2.45) is 11.8 Å². The summed E-state index contributed by atoms with van der Waals surface area (Å²) in [6, 6.07) is 20.2. The van der Waals surface area contributed by atoms with Gasteiger partial charge in [0.25, 0.3) is 0 Å². The van der Waals surface area contributed by atoms with Crippen LogP contribution in [0.2, 0.25) is 0 Å². The first-order valence-electron chi connectivity index (χ1n) is 13.4. The smallest absolute Gasteiger partial charge is 0.407 e. The number of rotatable bonds is 15. The van der Waals surface area contributed by atoms with Crippen molar-refractivity contribution in [1.29, 1.82) is 0 Å². The highest BCUT2D eigenvalue weighted by Gasteiger charge is 2.22. The average Bonchev–Trinajstić information content (AvgIpc) is 3.40. The van der Waals surface area contributed by atoms with E-state index in [0.717, 1.165) is 36.1 Å². The van der Waals surface area contributed by atoms with Crippen molar-refractivity contribution in [3.8, 4) is 0 Å². The van der Waals surface area contributed by atoms with Gasteiger partial charge in [0.05, 0.1) is 16.5 Å². The molecule has 7 heteroatoms. The molecule has 3 rings (SSSR count). The molecule has 0 aliphatic carbocycles. The molecular weight excluding hydrogens is 496 g/mol. The van der Waals surface area contributed by atoms with Gasteiger partial charge in [0.2, 0.25) is 0 Å². The molecule has 2 aromatic carbocycles. The van der Waals surface area contributed by atoms with E-state index in [1.165, 1.54) is 16.9 Å². The van der Waals surface area contributed by atoms with Crippen LogP contribution in [-0.4, -0.2) is 29.2 Å². The molecule has 0 aliphatic heterocycles. The number of ether oxygens (including phenoxy) is 2. The lowest BCUT2D eigenvalue weighted by molar-refractivity contribution is -0.150. The second kappa shape index (κ2) is 15.9. The second-order valence-corrected chi connectivity index (χ2v) is 11.3. The average molecular weight is 537 g/mol. The Balaban J connectivity index is 1.64. The van der Waals surface area contributed by atoms with E-state index in [4.69, 9.17) is 9.47 Å². The number of alkyl carbamates (subject to hydrolysis) is 1. The molecule has 3 aromatic rings. The third-order valence-corrected chi connectivity index (χ3v) is 7.11. The number of nitrogens with zero attached hydrogens (tertiary/aromatic N) is 1. The van der Waals surface area contributed by atoms with Crippen LogP contribution >= 0.6 is 11.3 Å². The number of benzene rings is 2. The van der Waals surface area contributed by atoms with Crippen molar-refractivity contribution in [3.63, 3.8) is 0 Å². The molecule has 0 bridgehead atoms. The standard InChI is InChI=1S/C31H40N2O4S/c1-23(2)16-24(3)37-30(34)19-27(17-25-10-6-4-7-11-25)14-15-28(18-26-12-8-5-9-13-26)33-31(35)36-21-29-20-32-22-38-29/h4-13,20,22-24,27-28H,14-19,21H2,1-3H3,(H,33,35)/t24?,27-,28-/m1/s1. The molecule has 0 aliphatic rings. The van der Waals surface area contributed by atoms with E-state index < -0.39 is 6.09 Å². The molecule has 0 fully saturated rings. The molecule has 6 nitrogen and oxygen atoms in total. The molecule has 0 spiro atoms. The molecule has 1 heterocycles. The lowest BCUT2D eigenvalue weighted by atomic mass is 9.89. The summed E-state index contributed by atoms with van der Waals surface area (Å²) in [7, 11) is 0. The maximum absolute atomic E-state index is 12.8. The van der Waals surface area contributed by atoms with Crippen molar-refractivity contribution in [3.05, 3.63) is 88.4 Å². The number of thiazole rings is 1. The number of hydrogen-bond donors (Lipinski definition) is 1. The van der Waals surface area contributed by atoms with E-state index in [1.54, 1.807) is 11.7 Å². The third kappa shape index (κ3) is 11.5. The zero-order valence-corrected chi connectivity index (χ0v) is 23.5. The van der Waals surface area contributed by atoms with Gasteiger partial charge >= 0.3 is 12.1 Å². The summed E-state index contributed by atoms with van der Waals surface area (Å²) in [5.41, 5.74) is 4.05. The number of esters is 1.